The van der Waals surface area contributed by atoms with Crippen molar-refractivity contribution in [2.24, 2.45) is 5.92 Å². The second-order valence-electron chi connectivity index (χ2n) is 6.36. The van der Waals surface area contributed by atoms with Crippen molar-refractivity contribution in [3.8, 4) is 0 Å². The standard InChI is InChI=1S/C19H22O7/c1-10(2)18(23)26-17-15-11(3)19(24)25-14(15)7-12(8-20)5-4-6-13(9-21)16(17)22/h6-7,9,14-17,20,22H,1,3-5,8H2,2H3/b12-7?,13-6-/t14-,15+,16-,17+/m0/s1. The Morgan fingerprint density at radius 1 is 1.50 bits per heavy atom. The van der Waals surface area contributed by atoms with Crippen LogP contribution < -0.4 is 0 Å². The van der Waals surface area contributed by atoms with Crippen LogP contribution in [-0.2, 0) is 23.9 Å². The molecule has 0 bridgehead atoms. The van der Waals surface area contributed by atoms with Crippen LogP contribution in [-0.4, -0.2) is 53.4 Å². The Bertz CT molecular complexity index is 701. The normalized spacial score (nSPS) is 31.0. The lowest BCUT2D eigenvalue weighted by Crippen LogP contribution is -2.43. The fourth-order valence-electron chi connectivity index (χ4n) is 2.99. The van der Waals surface area contributed by atoms with Crippen LogP contribution in [0.5, 0.6) is 0 Å². The quantitative estimate of drug-likeness (QED) is 0.329. The first-order chi connectivity index (χ1) is 12.3. The van der Waals surface area contributed by atoms with Crippen LogP contribution in [0.4, 0.5) is 0 Å². The van der Waals surface area contributed by atoms with Crippen molar-refractivity contribution in [2.45, 2.75) is 38.1 Å². The van der Waals surface area contributed by atoms with Crippen LogP contribution in [0.15, 0.2) is 47.6 Å². The smallest absolute Gasteiger partial charge is 0.334 e. The summed E-state index contributed by atoms with van der Waals surface area (Å²) in [6, 6.07) is 0. The number of ether oxygens (including phenoxy) is 2. The highest BCUT2D eigenvalue weighted by Gasteiger charge is 2.48. The first kappa shape index (κ1) is 19.8. The number of aldehydes is 1. The molecule has 4 atom stereocenters. The van der Waals surface area contributed by atoms with Gasteiger partial charge in [-0.1, -0.05) is 19.2 Å². The molecule has 0 aromatic rings. The summed E-state index contributed by atoms with van der Waals surface area (Å²) in [4.78, 5) is 35.5. The van der Waals surface area contributed by atoms with E-state index in [2.05, 4.69) is 13.2 Å². The molecule has 0 radical (unpaired) electrons. The van der Waals surface area contributed by atoms with Gasteiger partial charge in [-0.15, -0.1) is 0 Å². The molecule has 140 valence electrons. The van der Waals surface area contributed by atoms with Gasteiger partial charge in [-0.05, 0) is 31.4 Å². The molecule has 1 heterocycles. The maximum atomic E-state index is 12.0. The van der Waals surface area contributed by atoms with Crippen LogP contribution in [0.3, 0.4) is 0 Å². The molecule has 0 spiro atoms. The third-order valence-electron chi connectivity index (χ3n) is 4.44. The average molecular weight is 362 g/mol. The van der Waals surface area contributed by atoms with Gasteiger partial charge in [-0.25, -0.2) is 9.59 Å². The first-order valence-electron chi connectivity index (χ1n) is 8.20. The molecular formula is C19H22O7. The van der Waals surface area contributed by atoms with E-state index < -0.39 is 36.2 Å². The molecule has 0 saturated carbocycles. The summed E-state index contributed by atoms with van der Waals surface area (Å²) in [6.07, 6.45) is 0.770. The van der Waals surface area contributed by atoms with Crippen molar-refractivity contribution in [1.29, 1.82) is 0 Å². The zero-order valence-electron chi connectivity index (χ0n) is 14.5. The summed E-state index contributed by atoms with van der Waals surface area (Å²) >= 11 is 0. The Hall–Kier alpha value is -2.51. The molecule has 26 heavy (non-hydrogen) atoms. The Morgan fingerprint density at radius 2 is 2.19 bits per heavy atom. The number of esters is 2. The minimum Gasteiger partial charge on any atom is -0.455 e. The lowest BCUT2D eigenvalue weighted by molar-refractivity contribution is -0.153. The lowest BCUT2D eigenvalue weighted by Gasteiger charge is -2.30. The summed E-state index contributed by atoms with van der Waals surface area (Å²) in [5.41, 5.74) is 0.748. The van der Waals surface area contributed by atoms with Crippen molar-refractivity contribution in [1.82, 2.24) is 0 Å². The molecule has 2 aliphatic rings. The van der Waals surface area contributed by atoms with Crippen LogP contribution in [0, 0.1) is 5.92 Å². The number of aliphatic hydroxyl groups excluding tert-OH is 2. The maximum Gasteiger partial charge on any atom is 0.334 e. The minimum absolute atomic E-state index is 0.0212. The van der Waals surface area contributed by atoms with Crippen LogP contribution >= 0.6 is 0 Å². The summed E-state index contributed by atoms with van der Waals surface area (Å²) in [7, 11) is 0. The SMILES string of the molecule is C=C(C)C(=O)O[C@@H]1[C@@H]2C(=C)C(=O)O[C@H]2C=C(CO)CC/C=C(/C=O)[C@@H]1O. The minimum atomic E-state index is -1.46. The molecule has 0 unspecified atom stereocenters. The highest BCUT2D eigenvalue weighted by molar-refractivity contribution is 5.92. The Labute approximate surface area is 151 Å². The lowest BCUT2D eigenvalue weighted by atomic mass is 9.83. The summed E-state index contributed by atoms with van der Waals surface area (Å²) < 4.78 is 10.6. The number of fused-ring (bicyclic) bond motifs is 1. The molecule has 2 rings (SSSR count). The summed E-state index contributed by atoms with van der Waals surface area (Å²) in [5, 5.41) is 20.2. The third kappa shape index (κ3) is 4.00. The molecule has 0 aromatic carbocycles. The van der Waals surface area contributed by atoms with Gasteiger partial charge in [0, 0.05) is 16.7 Å². The van der Waals surface area contributed by atoms with Crippen molar-refractivity contribution in [2.75, 3.05) is 6.61 Å². The second-order valence-corrected chi connectivity index (χ2v) is 6.36. The molecule has 1 aliphatic heterocycles. The molecule has 1 aliphatic carbocycles. The zero-order valence-corrected chi connectivity index (χ0v) is 14.5. The van der Waals surface area contributed by atoms with Gasteiger partial charge in [0.05, 0.1) is 12.5 Å². The zero-order chi connectivity index (χ0) is 19.4. The number of allylic oxidation sites excluding steroid dienone is 1. The van der Waals surface area contributed by atoms with E-state index in [9.17, 15) is 24.6 Å². The van der Waals surface area contributed by atoms with Gasteiger partial charge in [-0.2, -0.15) is 0 Å². The van der Waals surface area contributed by atoms with Crippen molar-refractivity contribution in [3.05, 3.63) is 47.6 Å². The Morgan fingerprint density at radius 3 is 2.77 bits per heavy atom. The summed E-state index contributed by atoms with van der Waals surface area (Å²) in [6.45, 7) is 8.37. The molecule has 0 amide bonds. The van der Waals surface area contributed by atoms with E-state index in [-0.39, 0.29) is 23.3 Å². The van der Waals surface area contributed by atoms with Gasteiger partial charge < -0.3 is 19.7 Å². The first-order valence-corrected chi connectivity index (χ1v) is 8.20. The molecule has 7 nitrogen and oxygen atoms in total. The predicted molar refractivity (Wildman–Crippen MR) is 91.8 cm³/mol. The number of hydrogen-bond acceptors (Lipinski definition) is 7. The van der Waals surface area contributed by atoms with Crippen LogP contribution in [0.2, 0.25) is 0 Å². The highest BCUT2D eigenvalue weighted by Crippen LogP contribution is 2.36. The van der Waals surface area contributed by atoms with Crippen molar-refractivity contribution < 1.29 is 34.1 Å². The van der Waals surface area contributed by atoms with Gasteiger partial charge >= 0.3 is 11.9 Å². The Balaban J connectivity index is 2.54. The van der Waals surface area contributed by atoms with E-state index in [0.717, 1.165) is 0 Å². The largest absolute Gasteiger partial charge is 0.455 e. The number of carbonyl (C=O) groups is 3. The molecular weight excluding hydrogens is 340 g/mol. The predicted octanol–water partition coefficient (Wildman–Crippen LogP) is 0.771. The number of rotatable bonds is 4. The van der Waals surface area contributed by atoms with Crippen LogP contribution in [0.1, 0.15) is 19.8 Å². The van der Waals surface area contributed by atoms with E-state index in [1.807, 2.05) is 0 Å². The van der Waals surface area contributed by atoms with E-state index in [4.69, 9.17) is 9.47 Å². The Kier molecular flexibility index (Phi) is 6.28. The topological polar surface area (TPSA) is 110 Å². The number of hydrogen-bond donors (Lipinski definition) is 2. The maximum absolute atomic E-state index is 12.0. The molecule has 1 saturated heterocycles. The fraction of sp³-hybridized carbons (Fsp3) is 0.421. The van der Waals surface area contributed by atoms with Gasteiger partial charge in [0.2, 0.25) is 0 Å². The number of aliphatic hydroxyl groups is 2. The highest BCUT2D eigenvalue weighted by atomic mass is 16.6. The van der Waals surface area contributed by atoms with Gasteiger partial charge in [0.1, 0.15) is 24.6 Å². The average Bonchev–Trinajstić information content (AvgIpc) is 2.88. The fourth-order valence-corrected chi connectivity index (χ4v) is 2.99. The molecule has 2 N–H and O–H groups in total. The van der Waals surface area contributed by atoms with E-state index >= 15 is 0 Å². The van der Waals surface area contributed by atoms with Gasteiger partial charge in [0.15, 0.2) is 0 Å². The monoisotopic (exact) mass is 362 g/mol. The second kappa shape index (κ2) is 8.25. The number of carbonyl (C=O) groups excluding carboxylic acids is 3. The molecule has 1 fully saturated rings. The molecule has 0 aromatic heterocycles. The van der Waals surface area contributed by atoms with E-state index in [0.29, 0.717) is 24.7 Å². The summed E-state index contributed by atoms with van der Waals surface area (Å²) in [5.74, 6) is -2.36. The van der Waals surface area contributed by atoms with E-state index in [1.165, 1.54) is 13.0 Å². The van der Waals surface area contributed by atoms with E-state index in [1.54, 1.807) is 6.08 Å². The van der Waals surface area contributed by atoms with Gasteiger partial charge in [-0.3, -0.25) is 4.79 Å². The van der Waals surface area contributed by atoms with Crippen LogP contribution in [0.25, 0.3) is 0 Å². The van der Waals surface area contributed by atoms with Gasteiger partial charge in [0.25, 0.3) is 0 Å². The third-order valence-corrected chi connectivity index (χ3v) is 4.44. The van der Waals surface area contributed by atoms with Crippen molar-refractivity contribution >= 4 is 18.2 Å². The van der Waals surface area contributed by atoms with Crippen molar-refractivity contribution in [3.63, 3.8) is 0 Å². The molecule has 7 heteroatoms.